The minimum Gasteiger partial charge on any atom is -0.462 e. The summed E-state index contributed by atoms with van der Waals surface area (Å²) < 4.78 is 5.10. The summed E-state index contributed by atoms with van der Waals surface area (Å²) in [6, 6.07) is 10.3. The quantitative estimate of drug-likeness (QED) is 0.225. The number of rotatable bonds is 8. The van der Waals surface area contributed by atoms with Gasteiger partial charge in [-0.15, -0.1) is 35.3 Å². The van der Waals surface area contributed by atoms with Crippen molar-refractivity contribution in [3.05, 3.63) is 51.5 Å². The highest BCUT2D eigenvalue weighted by Crippen LogP contribution is 2.24. The van der Waals surface area contributed by atoms with Crippen molar-refractivity contribution in [2.45, 2.75) is 46.6 Å². The normalized spacial score (nSPS) is 13.2. The molecule has 0 aliphatic carbocycles. The number of guanidine groups is 1. The van der Waals surface area contributed by atoms with E-state index >= 15 is 0 Å². The molecule has 0 saturated heterocycles. The largest absolute Gasteiger partial charge is 0.462 e. The van der Waals surface area contributed by atoms with Gasteiger partial charge in [0.05, 0.1) is 18.3 Å². The van der Waals surface area contributed by atoms with Gasteiger partial charge in [0.25, 0.3) is 0 Å². The second-order valence-electron chi connectivity index (χ2n) is 6.58. The van der Waals surface area contributed by atoms with Gasteiger partial charge in [0.15, 0.2) is 5.96 Å². The molecule has 0 fully saturated rings. The smallest absolute Gasteiger partial charge is 0.350 e. The van der Waals surface area contributed by atoms with Crippen LogP contribution in [0.25, 0.3) is 0 Å². The topological polar surface area (TPSA) is 75.6 Å². The van der Waals surface area contributed by atoms with E-state index in [-0.39, 0.29) is 36.0 Å². The standard InChI is InChI=1S/C21H30N4O2S.HI/c1-6-22-21(23-13-14(3)17-11-9-8-10-12-17)25-16(5)19-24-15(4)18(28-19)20(26)27-7-2;/h8-12,14,16H,6-7,13H2,1-5H3,(H2,22,23,25);1H. The number of nitrogens with zero attached hydrogens (tertiary/aromatic N) is 2. The van der Waals surface area contributed by atoms with Gasteiger partial charge in [-0.05, 0) is 33.3 Å². The van der Waals surface area contributed by atoms with Crippen molar-refractivity contribution in [3.63, 3.8) is 0 Å². The molecule has 1 aromatic carbocycles. The molecule has 2 rings (SSSR count). The molecule has 160 valence electrons. The van der Waals surface area contributed by atoms with Gasteiger partial charge < -0.3 is 15.4 Å². The number of thiazole rings is 1. The van der Waals surface area contributed by atoms with E-state index < -0.39 is 0 Å². The van der Waals surface area contributed by atoms with E-state index in [9.17, 15) is 4.79 Å². The van der Waals surface area contributed by atoms with Gasteiger partial charge in [-0.1, -0.05) is 37.3 Å². The number of aliphatic imine (C=N–C) groups is 1. The summed E-state index contributed by atoms with van der Waals surface area (Å²) in [6.45, 7) is 11.7. The lowest BCUT2D eigenvalue weighted by molar-refractivity contribution is 0.0531. The van der Waals surface area contributed by atoms with Gasteiger partial charge in [0.2, 0.25) is 0 Å². The number of hydrogen-bond acceptors (Lipinski definition) is 5. The lowest BCUT2D eigenvalue weighted by Crippen LogP contribution is -2.39. The third-order valence-corrected chi connectivity index (χ3v) is 5.55. The van der Waals surface area contributed by atoms with E-state index in [4.69, 9.17) is 9.73 Å². The summed E-state index contributed by atoms with van der Waals surface area (Å²) in [5.41, 5.74) is 1.97. The molecule has 6 nitrogen and oxygen atoms in total. The van der Waals surface area contributed by atoms with E-state index in [0.717, 1.165) is 17.5 Å². The van der Waals surface area contributed by atoms with Crippen LogP contribution in [0.3, 0.4) is 0 Å². The highest BCUT2D eigenvalue weighted by molar-refractivity contribution is 14.0. The zero-order chi connectivity index (χ0) is 20.5. The van der Waals surface area contributed by atoms with Crippen molar-refractivity contribution in [2.24, 2.45) is 4.99 Å². The number of ether oxygens (including phenoxy) is 1. The molecule has 0 bridgehead atoms. The van der Waals surface area contributed by atoms with Gasteiger partial charge in [-0.25, -0.2) is 9.78 Å². The third kappa shape index (κ3) is 7.58. The summed E-state index contributed by atoms with van der Waals surface area (Å²) in [4.78, 5) is 21.9. The average molecular weight is 530 g/mol. The summed E-state index contributed by atoms with van der Waals surface area (Å²) in [6.07, 6.45) is 0. The molecule has 2 atom stereocenters. The second kappa shape index (κ2) is 12.8. The molecule has 0 aliphatic rings. The molecule has 1 heterocycles. The Morgan fingerprint density at radius 2 is 1.93 bits per heavy atom. The first-order chi connectivity index (χ1) is 13.5. The van der Waals surface area contributed by atoms with E-state index in [0.29, 0.717) is 29.6 Å². The van der Waals surface area contributed by atoms with Crippen LogP contribution in [0.15, 0.2) is 35.3 Å². The maximum absolute atomic E-state index is 12.0. The van der Waals surface area contributed by atoms with Crippen LogP contribution in [-0.2, 0) is 4.74 Å². The van der Waals surface area contributed by atoms with Crippen LogP contribution in [0.5, 0.6) is 0 Å². The molecule has 0 saturated carbocycles. The van der Waals surface area contributed by atoms with Crippen LogP contribution < -0.4 is 10.6 Å². The molecule has 2 N–H and O–H groups in total. The van der Waals surface area contributed by atoms with Gasteiger partial charge in [-0.3, -0.25) is 4.99 Å². The Labute approximate surface area is 194 Å². The predicted molar refractivity (Wildman–Crippen MR) is 131 cm³/mol. The average Bonchev–Trinajstić information content (AvgIpc) is 3.09. The SMILES string of the molecule is CCNC(=NCC(C)c1ccccc1)NC(C)c1nc(C)c(C(=O)OCC)s1.I. The Bertz CT molecular complexity index is 795. The lowest BCUT2D eigenvalue weighted by atomic mass is 10.0. The first-order valence-electron chi connectivity index (χ1n) is 9.70. The molecular weight excluding hydrogens is 499 g/mol. The Kier molecular flexibility index (Phi) is 11.2. The maximum Gasteiger partial charge on any atom is 0.350 e. The monoisotopic (exact) mass is 530 g/mol. The molecule has 2 aromatic rings. The van der Waals surface area contributed by atoms with Crippen LogP contribution in [0, 0.1) is 6.92 Å². The van der Waals surface area contributed by atoms with E-state index in [1.54, 1.807) is 6.92 Å². The number of halogens is 1. The fourth-order valence-electron chi connectivity index (χ4n) is 2.69. The zero-order valence-corrected chi connectivity index (χ0v) is 20.8. The predicted octanol–water partition coefficient (Wildman–Crippen LogP) is 4.67. The van der Waals surface area contributed by atoms with Gasteiger partial charge in [0, 0.05) is 19.0 Å². The molecule has 0 aliphatic heterocycles. The van der Waals surface area contributed by atoms with Gasteiger partial charge >= 0.3 is 5.97 Å². The molecule has 2 unspecified atom stereocenters. The number of carbonyl (C=O) groups is 1. The molecule has 0 amide bonds. The van der Waals surface area contributed by atoms with Crippen molar-refractivity contribution in [3.8, 4) is 0 Å². The molecule has 29 heavy (non-hydrogen) atoms. The fourth-order valence-corrected chi connectivity index (χ4v) is 3.65. The Balaban J connectivity index is 0.00000420. The molecule has 0 radical (unpaired) electrons. The maximum atomic E-state index is 12.0. The number of esters is 1. The zero-order valence-electron chi connectivity index (χ0n) is 17.7. The summed E-state index contributed by atoms with van der Waals surface area (Å²) in [5, 5.41) is 7.50. The van der Waals surface area contributed by atoms with Gasteiger partial charge in [-0.2, -0.15) is 0 Å². The molecule has 1 aromatic heterocycles. The Morgan fingerprint density at radius 1 is 1.24 bits per heavy atom. The minimum atomic E-state index is -0.312. The van der Waals surface area contributed by atoms with Crippen LogP contribution in [0.1, 0.15) is 65.6 Å². The highest BCUT2D eigenvalue weighted by Gasteiger charge is 2.20. The van der Waals surface area contributed by atoms with Crippen molar-refractivity contribution < 1.29 is 9.53 Å². The van der Waals surface area contributed by atoms with Crippen molar-refractivity contribution in [2.75, 3.05) is 19.7 Å². The van der Waals surface area contributed by atoms with Crippen LogP contribution in [0.4, 0.5) is 0 Å². The third-order valence-electron chi connectivity index (χ3n) is 4.23. The number of nitrogens with one attached hydrogen (secondary N) is 2. The summed E-state index contributed by atoms with van der Waals surface area (Å²) >= 11 is 1.37. The number of benzene rings is 1. The van der Waals surface area contributed by atoms with Crippen molar-refractivity contribution in [1.82, 2.24) is 15.6 Å². The Hall–Kier alpha value is -1.68. The van der Waals surface area contributed by atoms with E-state index in [2.05, 4.69) is 34.7 Å². The van der Waals surface area contributed by atoms with Crippen LogP contribution in [-0.4, -0.2) is 36.6 Å². The first-order valence-corrected chi connectivity index (χ1v) is 10.5. The minimum absolute atomic E-state index is 0. The van der Waals surface area contributed by atoms with E-state index in [1.165, 1.54) is 16.9 Å². The summed E-state index contributed by atoms with van der Waals surface area (Å²) in [7, 11) is 0. The molecular formula is C21H31IN4O2S. The van der Waals surface area contributed by atoms with E-state index in [1.807, 2.05) is 39.0 Å². The number of hydrogen-bond donors (Lipinski definition) is 2. The first kappa shape index (κ1) is 25.4. The number of aromatic nitrogens is 1. The number of aryl methyl sites for hydroxylation is 1. The fraction of sp³-hybridized carbons (Fsp3) is 0.476. The van der Waals surface area contributed by atoms with Crippen LogP contribution >= 0.6 is 35.3 Å². The van der Waals surface area contributed by atoms with Gasteiger partial charge in [0.1, 0.15) is 9.88 Å². The number of carbonyl (C=O) groups excluding carboxylic acids is 1. The van der Waals surface area contributed by atoms with Crippen LogP contribution in [0.2, 0.25) is 0 Å². The van der Waals surface area contributed by atoms with Crippen molar-refractivity contribution >= 4 is 47.2 Å². The highest BCUT2D eigenvalue weighted by atomic mass is 127. The lowest BCUT2D eigenvalue weighted by Gasteiger charge is -2.17. The molecule has 0 spiro atoms. The Morgan fingerprint density at radius 3 is 2.55 bits per heavy atom. The summed E-state index contributed by atoms with van der Waals surface area (Å²) in [5.74, 6) is 0.751. The second-order valence-corrected chi connectivity index (χ2v) is 7.62. The van der Waals surface area contributed by atoms with Crippen molar-refractivity contribution in [1.29, 1.82) is 0 Å². The molecule has 8 heteroatoms.